The first-order chi connectivity index (χ1) is 6.93. The highest BCUT2D eigenvalue weighted by atomic mass is 14.5. The van der Waals surface area contributed by atoms with E-state index >= 15 is 0 Å². The summed E-state index contributed by atoms with van der Waals surface area (Å²) in [6.45, 7) is 0.878. The summed E-state index contributed by atoms with van der Waals surface area (Å²) in [5.74, 6) is 1.08. The molecule has 0 spiro atoms. The first-order valence-electron chi connectivity index (χ1n) is 6.63. The Morgan fingerprint density at radius 2 is 1.43 bits per heavy atom. The lowest BCUT2D eigenvalue weighted by atomic mass is 9.85. The van der Waals surface area contributed by atoms with Gasteiger partial charge in [-0.1, -0.05) is 64.2 Å². The molecular weight excluding hydrogens is 170 g/mol. The van der Waals surface area contributed by atoms with Crippen LogP contribution in [-0.2, 0) is 0 Å². The Morgan fingerprint density at radius 1 is 0.786 bits per heavy atom. The normalized spacial score (nSPS) is 18.6. The van der Waals surface area contributed by atoms with Crippen molar-refractivity contribution in [2.75, 3.05) is 6.54 Å². The van der Waals surface area contributed by atoms with E-state index in [0.717, 1.165) is 12.5 Å². The van der Waals surface area contributed by atoms with Crippen LogP contribution in [0.15, 0.2) is 0 Å². The zero-order valence-corrected chi connectivity index (χ0v) is 9.64. The van der Waals surface area contributed by atoms with Gasteiger partial charge in [0.1, 0.15) is 0 Å². The van der Waals surface area contributed by atoms with Crippen LogP contribution >= 0.6 is 0 Å². The van der Waals surface area contributed by atoms with E-state index in [1.807, 2.05) is 0 Å². The van der Waals surface area contributed by atoms with Gasteiger partial charge in [-0.05, 0) is 18.9 Å². The third-order valence-electron chi connectivity index (χ3n) is 3.54. The first-order valence-corrected chi connectivity index (χ1v) is 6.63. The number of unbranched alkanes of at least 4 members (excludes halogenated alkanes) is 4. The number of hydrogen-bond acceptors (Lipinski definition) is 1. The lowest BCUT2D eigenvalue weighted by molar-refractivity contribution is 0.328. The van der Waals surface area contributed by atoms with Gasteiger partial charge in [-0.3, -0.25) is 0 Å². The second kappa shape index (κ2) is 8.28. The van der Waals surface area contributed by atoms with Crippen molar-refractivity contribution >= 4 is 0 Å². The molecule has 14 heavy (non-hydrogen) atoms. The van der Waals surface area contributed by atoms with E-state index in [4.69, 9.17) is 5.73 Å². The van der Waals surface area contributed by atoms with E-state index in [9.17, 15) is 0 Å². The lowest BCUT2D eigenvalue weighted by Gasteiger charge is -2.21. The molecule has 0 aromatic carbocycles. The molecule has 84 valence electrons. The van der Waals surface area contributed by atoms with Crippen molar-refractivity contribution in [1.29, 1.82) is 0 Å². The Bertz CT molecular complexity index is 116. The van der Waals surface area contributed by atoms with E-state index in [1.165, 1.54) is 70.6 Å². The molecule has 0 atom stereocenters. The Labute approximate surface area is 89.5 Å². The maximum absolute atomic E-state index is 5.46. The van der Waals surface area contributed by atoms with Crippen LogP contribution in [-0.4, -0.2) is 6.54 Å². The lowest BCUT2D eigenvalue weighted by Crippen LogP contribution is -2.05. The highest BCUT2D eigenvalue weighted by Crippen LogP contribution is 2.27. The van der Waals surface area contributed by atoms with Gasteiger partial charge < -0.3 is 5.73 Å². The molecule has 1 aliphatic rings. The number of rotatable bonds is 7. The fourth-order valence-electron chi connectivity index (χ4n) is 2.58. The van der Waals surface area contributed by atoms with Gasteiger partial charge in [-0.25, -0.2) is 0 Å². The summed E-state index contributed by atoms with van der Waals surface area (Å²) in [7, 11) is 0. The van der Waals surface area contributed by atoms with Crippen molar-refractivity contribution in [2.45, 2.75) is 70.6 Å². The van der Waals surface area contributed by atoms with Gasteiger partial charge >= 0.3 is 0 Å². The van der Waals surface area contributed by atoms with E-state index in [-0.39, 0.29) is 0 Å². The van der Waals surface area contributed by atoms with Crippen molar-refractivity contribution in [1.82, 2.24) is 0 Å². The zero-order valence-electron chi connectivity index (χ0n) is 9.64. The minimum atomic E-state index is 0.878. The minimum absolute atomic E-state index is 0.878. The molecule has 0 aromatic rings. The molecule has 1 heteroatoms. The predicted octanol–water partition coefficient (Wildman–Crippen LogP) is 3.87. The summed E-state index contributed by atoms with van der Waals surface area (Å²) < 4.78 is 0. The van der Waals surface area contributed by atoms with Crippen LogP contribution < -0.4 is 5.73 Å². The molecule has 1 rings (SSSR count). The smallest absolute Gasteiger partial charge is 0.00773 e. The molecule has 1 fully saturated rings. The van der Waals surface area contributed by atoms with Crippen molar-refractivity contribution in [3.05, 3.63) is 0 Å². The van der Waals surface area contributed by atoms with Crippen LogP contribution in [0.5, 0.6) is 0 Å². The van der Waals surface area contributed by atoms with Gasteiger partial charge in [0.15, 0.2) is 0 Å². The summed E-state index contributed by atoms with van der Waals surface area (Å²) in [5, 5.41) is 0. The molecule has 0 aromatic heterocycles. The van der Waals surface area contributed by atoms with Crippen molar-refractivity contribution in [3.63, 3.8) is 0 Å². The topological polar surface area (TPSA) is 26.0 Å². The zero-order chi connectivity index (χ0) is 10.1. The highest BCUT2D eigenvalue weighted by Gasteiger charge is 2.12. The molecule has 1 aliphatic carbocycles. The monoisotopic (exact) mass is 197 g/mol. The van der Waals surface area contributed by atoms with Gasteiger partial charge in [0.2, 0.25) is 0 Å². The molecule has 0 heterocycles. The van der Waals surface area contributed by atoms with Crippen molar-refractivity contribution in [2.24, 2.45) is 11.7 Å². The molecule has 0 bridgehead atoms. The summed E-state index contributed by atoms with van der Waals surface area (Å²) in [5.41, 5.74) is 5.46. The minimum Gasteiger partial charge on any atom is -0.330 e. The molecule has 0 radical (unpaired) electrons. The molecule has 0 amide bonds. The maximum Gasteiger partial charge on any atom is -0.00773 e. The second-order valence-corrected chi connectivity index (χ2v) is 4.85. The fourth-order valence-corrected chi connectivity index (χ4v) is 2.58. The van der Waals surface area contributed by atoms with Crippen LogP contribution in [0.3, 0.4) is 0 Å². The van der Waals surface area contributed by atoms with Gasteiger partial charge in [-0.15, -0.1) is 0 Å². The average Bonchev–Trinajstić information content (AvgIpc) is 2.25. The molecule has 0 aliphatic heterocycles. The van der Waals surface area contributed by atoms with Crippen LogP contribution in [0.4, 0.5) is 0 Å². The third kappa shape index (κ3) is 5.64. The number of nitrogens with two attached hydrogens (primary N) is 1. The largest absolute Gasteiger partial charge is 0.330 e. The van der Waals surface area contributed by atoms with E-state index in [1.54, 1.807) is 0 Å². The van der Waals surface area contributed by atoms with Gasteiger partial charge in [0.25, 0.3) is 0 Å². The van der Waals surface area contributed by atoms with E-state index < -0.39 is 0 Å². The first kappa shape index (κ1) is 12.0. The van der Waals surface area contributed by atoms with Gasteiger partial charge in [0, 0.05) is 0 Å². The predicted molar refractivity (Wildman–Crippen MR) is 63.3 cm³/mol. The Balaban J connectivity index is 1.82. The summed E-state index contributed by atoms with van der Waals surface area (Å²) in [4.78, 5) is 0. The SMILES string of the molecule is NCCCCCCCC1CCCCC1. The summed E-state index contributed by atoms with van der Waals surface area (Å²) >= 11 is 0. The quantitative estimate of drug-likeness (QED) is 0.616. The van der Waals surface area contributed by atoms with Crippen LogP contribution in [0.25, 0.3) is 0 Å². The standard InChI is InChI=1S/C13H27N/c14-12-8-3-1-2-5-9-13-10-6-4-7-11-13/h13H,1-12,14H2. The van der Waals surface area contributed by atoms with Crippen LogP contribution in [0.2, 0.25) is 0 Å². The van der Waals surface area contributed by atoms with Crippen LogP contribution in [0.1, 0.15) is 70.6 Å². The highest BCUT2D eigenvalue weighted by molar-refractivity contribution is 4.65. The average molecular weight is 197 g/mol. The Morgan fingerprint density at radius 3 is 2.14 bits per heavy atom. The maximum atomic E-state index is 5.46. The molecule has 2 N–H and O–H groups in total. The van der Waals surface area contributed by atoms with E-state index in [0.29, 0.717) is 0 Å². The molecule has 0 saturated heterocycles. The third-order valence-corrected chi connectivity index (χ3v) is 3.54. The summed E-state index contributed by atoms with van der Waals surface area (Å²) in [6.07, 6.45) is 15.9. The fraction of sp³-hybridized carbons (Fsp3) is 1.00. The van der Waals surface area contributed by atoms with Gasteiger partial charge in [0.05, 0.1) is 0 Å². The van der Waals surface area contributed by atoms with Gasteiger partial charge in [-0.2, -0.15) is 0 Å². The molecule has 1 nitrogen and oxygen atoms in total. The van der Waals surface area contributed by atoms with Crippen molar-refractivity contribution < 1.29 is 0 Å². The summed E-state index contributed by atoms with van der Waals surface area (Å²) in [6, 6.07) is 0. The number of hydrogen-bond donors (Lipinski definition) is 1. The Hall–Kier alpha value is -0.0400. The Kier molecular flexibility index (Phi) is 7.12. The van der Waals surface area contributed by atoms with Crippen LogP contribution in [0, 0.1) is 5.92 Å². The molecule has 0 unspecified atom stereocenters. The van der Waals surface area contributed by atoms with Crippen molar-refractivity contribution in [3.8, 4) is 0 Å². The molecular formula is C13H27N. The van der Waals surface area contributed by atoms with E-state index in [2.05, 4.69) is 0 Å². The second-order valence-electron chi connectivity index (χ2n) is 4.85. The molecule has 1 saturated carbocycles.